The molecule has 2 amide bonds. The summed E-state index contributed by atoms with van der Waals surface area (Å²) < 4.78 is 6.50. The van der Waals surface area contributed by atoms with Crippen molar-refractivity contribution < 1.29 is 14.3 Å². The van der Waals surface area contributed by atoms with Gasteiger partial charge in [0.05, 0.1) is 5.02 Å². The molecule has 0 radical (unpaired) electrons. The lowest BCUT2D eigenvalue weighted by Crippen LogP contribution is -2.51. The molecule has 0 aliphatic rings. The number of amides is 2. The maximum Gasteiger partial charge on any atom is 0.261 e. The lowest BCUT2D eigenvalue weighted by molar-refractivity contribution is -0.143. The number of rotatable bonds is 10. The van der Waals surface area contributed by atoms with E-state index in [1.54, 1.807) is 23.1 Å². The molecule has 2 rings (SSSR count). The summed E-state index contributed by atoms with van der Waals surface area (Å²) in [6, 6.07) is 14.3. The van der Waals surface area contributed by atoms with Crippen molar-refractivity contribution in [2.24, 2.45) is 0 Å². The molecule has 2 aromatic rings. The predicted octanol–water partition coefficient (Wildman–Crippen LogP) is 5.20. The Morgan fingerprint density at radius 2 is 1.83 bits per heavy atom. The molecule has 0 saturated heterocycles. The van der Waals surface area contributed by atoms with Crippen LogP contribution >= 0.6 is 27.5 Å². The van der Waals surface area contributed by atoms with E-state index in [1.807, 2.05) is 51.1 Å². The van der Waals surface area contributed by atoms with Crippen LogP contribution in [-0.4, -0.2) is 35.4 Å². The smallest absolute Gasteiger partial charge is 0.261 e. The van der Waals surface area contributed by atoms with E-state index in [-0.39, 0.29) is 24.5 Å². The van der Waals surface area contributed by atoms with Gasteiger partial charge in [-0.25, -0.2) is 0 Å². The molecule has 1 N–H and O–H groups in total. The lowest BCUT2D eigenvalue weighted by Gasteiger charge is -2.31. The summed E-state index contributed by atoms with van der Waals surface area (Å²) in [4.78, 5) is 27.6. The molecule has 0 aromatic heterocycles. The first kappa shape index (κ1) is 24.2. The molecule has 0 spiro atoms. The molecule has 0 bridgehead atoms. The highest BCUT2D eigenvalue weighted by molar-refractivity contribution is 9.10. The SMILES string of the molecule is CC[C@@H](C)NC(=O)[C@H](CC)N(Cc1ccccc1)C(=O)COc1ccc(Br)cc1Cl. The van der Waals surface area contributed by atoms with Gasteiger partial charge in [0.2, 0.25) is 5.91 Å². The number of halogens is 2. The van der Waals surface area contributed by atoms with Gasteiger partial charge < -0.3 is 15.0 Å². The van der Waals surface area contributed by atoms with Crippen molar-refractivity contribution in [2.75, 3.05) is 6.61 Å². The molecule has 2 aromatic carbocycles. The van der Waals surface area contributed by atoms with Crippen LogP contribution in [0.4, 0.5) is 0 Å². The number of hydrogen-bond donors (Lipinski definition) is 1. The lowest BCUT2D eigenvalue weighted by atomic mass is 10.1. The van der Waals surface area contributed by atoms with Crippen molar-refractivity contribution in [3.8, 4) is 5.75 Å². The number of ether oxygens (including phenoxy) is 1. The van der Waals surface area contributed by atoms with E-state index in [2.05, 4.69) is 21.2 Å². The predicted molar refractivity (Wildman–Crippen MR) is 124 cm³/mol. The highest BCUT2D eigenvalue weighted by atomic mass is 79.9. The molecule has 0 heterocycles. The molecule has 2 atom stereocenters. The zero-order valence-corrected chi connectivity index (χ0v) is 19.9. The van der Waals surface area contributed by atoms with Crippen molar-refractivity contribution >= 4 is 39.3 Å². The minimum absolute atomic E-state index is 0.0399. The fourth-order valence-electron chi connectivity index (χ4n) is 2.96. The summed E-state index contributed by atoms with van der Waals surface area (Å²) in [5.74, 6) is -0.00761. The van der Waals surface area contributed by atoms with Gasteiger partial charge in [0.15, 0.2) is 6.61 Å². The molecule has 30 heavy (non-hydrogen) atoms. The average molecular weight is 496 g/mol. The van der Waals surface area contributed by atoms with E-state index in [1.165, 1.54) is 0 Å². The molecule has 0 saturated carbocycles. The number of nitrogens with zero attached hydrogens (tertiary/aromatic N) is 1. The quantitative estimate of drug-likeness (QED) is 0.493. The van der Waals surface area contributed by atoms with Gasteiger partial charge in [-0.05, 0) is 43.5 Å². The van der Waals surface area contributed by atoms with Crippen molar-refractivity contribution in [3.63, 3.8) is 0 Å². The van der Waals surface area contributed by atoms with Gasteiger partial charge in [-0.1, -0.05) is 71.7 Å². The molecule has 0 fully saturated rings. The van der Waals surface area contributed by atoms with E-state index in [0.29, 0.717) is 23.7 Å². The number of benzene rings is 2. The summed E-state index contributed by atoms with van der Waals surface area (Å²) in [6.07, 6.45) is 1.32. The van der Waals surface area contributed by atoms with Gasteiger partial charge in [-0.3, -0.25) is 9.59 Å². The Hall–Kier alpha value is -2.05. The van der Waals surface area contributed by atoms with Crippen molar-refractivity contribution in [3.05, 3.63) is 63.6 Å². The van der Waals surface area contributed by atoms with Crippen LogP contribution in [-0.2, 0) is 16.1 Å². The summed E-state index contributed by atoms with van der Waals surface area (Å²) in [6.45, 7) is 5.98. The summed E-state index contributed by atoms with van der Waals surface area (Å²) in [5.41, 5.74) is 0.947. The molecular formula is C23H28BrClN2O3. The Morgan fingerprint density at radius 3 is 2.43 bits per heavy atom. The van der Waals surface area contributed by atoms with E-state index >= 15 is 0 Å². The Bertz CT molecular complexity index is 848. The second kappa shape index (κ2) is 12.0. The maximum atomic E-state index is 13.1. The van der Waals surface area contributed by atoms with Crippen molar-refractivity contribution in [1.82, 2.24) is 10.2 Å². The van der Waals surface area contributed by atoms with Gasteiger partial charge in [-0.2, -0.15) is 0 Å². The number of nitrogens with one attached hydrogen (secondary N) is 1. The summed E-state index contributed by atoms with van der Waals surface area (Å²) in [5, 5.41) is 3.40. The second-order valence-electron chi connectivity index (χ2n) is 7.11. The number of carbonyl (C=O) groups is 2. The van der Waals surface area contributed by atoms with Crippen LogP contribution in [0.25, 0.3) is 0 Å². The third kappa shape index (κ3) is 7.03. The topological polar surface area (TPSA) is 58.6 Å². The minimum Gasteiger partial charge on any atom is -0.482 e. The summed E-state index contributed by atoms with van der Waals surface area (Å²) >= 11 is 9.54. The fraction of sp³-hybridized carbons (Fsp3) is 0.391. The van der Waals surface area contributed by atoms with E-state index in [4.69, 9.17) is 16.3 Å². The van der Waals surface area contributed by atoms with Gasteiger partial charge in [0.1, 0.15) is 11.8 Å². The molecular weight excluding hydrogens is 468 g/mol. The van der Waals surface area contributed by atoms with Crippen LogP contribution in [0.1, 0.15) is 39.2 Å². The van der Waals surface area contributed by atoms with Crippen LogP contribution in [0.15, 0.2) is 53.0 Å². The standard InChI is InChI=1S/C23H28BrClN2O3/c1-4-16(3)26-23(29)20(5-2)27(14-17-9-7-6-8-10-17)22(28)15-30-21-12-11-18(24)13-19(21)25/h6-13,16,20H,4-5,14-15H2,1-3H3,(H,26,29)/t16-,20+/m1/s1. The van der Waals surface area contributed by atoms with Crippen LogP contribution < -0.4 is 10.1 Å². The highest BCUT2D eigenvalue weighted by Gasteiger charge is 2.29. The molecule has 162 valence electrons. The first-order chi connectivity index (χ1) is 14.3. The molecule has 5 nitrogen and oxygen atoms in total. The Labute approximate surface area is 191 Å². The zero-order valence-electron chi connectivity index (χ0n) is 17.5. The van der Waals surface area contributed by atoms with Crippen molar-refractivity contribution in [1.29, 1.82) is 0 Å². The van der Waals surface area contributed by atoms with Crippen LogP contribution in [0.2, 0.25) is 5.02 Å². The average Bonchev–Trinajstić information content (AvgIpc) is 2.73. The number of carbonyl (C=O) groups excluding carboxylic acids is 2. The van der Waals surface area contributed by atoms with E-state index in [9.17, 15) is 9.59 Å². The minimum atomic E-state index is -0.587. The van der Waals surface area contributed by atoms with Crippen molar-refractivity contribution in [2.45, 2.75) is 52.2 Å². The van der Waals surface area contributed by atoms with Crippen LogP contribution in [0, 0.1) is 0 Å². The third-order valence-corrected chi connectivity index (χ3v) is 5.62. The molecule has 0 aliphatic heterocycles. The Kier molecular flexibility index (Phi) is 9.66. The normalized spacial score (nSPS) is 12.7. The van der Waals surface area contributed by atoms with E-state index in [0.717, 1.165) is 16.5 Å². The maximum absolute atomic E-state index is 13.1. The Morgan fingerprint density at radius 1 is 1.13 bits per heavy atom. The Balaban J connectivity index is 2.20. The first-order valence-corrected chi connectivity index (χ1v) is 11.2. The highest BCUT2D eigenvalue weighted by Crippen LogP contribution is 2.27. The molecule has 0 unspecified atom stereocenters. The van der Waals surface area contributed by atoms with Crippen LogP contribution in [0.5, 0.6) is 5.75 Å². The second-order valence-corrected chi connectivity index (χ2v) is 8.44. The molecule has 7 heteroatoms. The van der Waals surface area contributed by atoms with Crippen LogP contribution in [0.3, 0.4) is 0 Å². The first-order valence-electron chi connectivity index (χ1n) is 10.1. The van der Waals surface area contributed by atoms with Gasteiger partial charge in [0.25, 0.3) is 5.91 Å². The van der Waals surface area contributed by atoms with Gasteiger partial charge in [-0.15, -0.1) is 0 Å². The monoisotopic (exact) mass is 494 g/mol. The largest absolute Gasteiger partial charge is 0.482 e. The third-order valence-electron chi connectivity index (χ3n) is 4.83. The van der Waals surface area contributed by atoms with Gasteiger partial charge >= 0.3 is 0 Å². The molecule has 0 aliphatic carbocycles. The fourth-order valence-corrected chi connectivity index (χ4v) is 3.68. The number of hydrogen-bond acceptors (Lipinski definition) is 3. The zero-order chi connectivity index (χ0) is 22.1. The summed E-state index contributed by atoms with van der Waals surface area (Å²) in [7, 11) is 0. The van der Waals surface area contributed by atoms with E-state index < -0.39 is 6.04 Å². The van der Waals surface area contributed by atoms with Gasteiger partial charge in [0, 0.05) is 17.1 Å².